The van der Waals surface area contributed by atoms with Gasteiger partial charge >= 0.3 is 5.97 Å². The molecule has 6 nitrogen and oxygen atoms in total. The predicted molar refractivity (Wildman–Crippen MR) is 85.1 cm³/mol. The van der Waals surface area contributed by atoms with Gasteiger partial charge in [0.25, 0.3) is 0 Å². The van der Waals surface area contributed by atoms with Crippen LogP contribution in [0, 0.1) is 0 Å². The minimum Gasteiger partial charge on any atom is -0.486 e. The molecule has 0 radical (unpaired) electrons. The number of carbonyl (C=O) groups excluding carboxylic acids is 1. The summed E-state index contributed by atoms with van der Waals surface area (Å²) >= 11 is 11.7. The van der Waals surface area contributed by atoms with Gasteiger partial charge in [0.2, 0.25) is 0 Å². The lowest BCUT2D eigenvalue weighted by molar-refractivity contribution is 0.0596. The van der Waals surface area contributed by atoms with Crippen LogP contribution in [-0.2, 0) is 24.3 Å². The molecule has 3 rings (SSSR count). The molecule has 0 bridgehead atoms. The van der Waals surface area contributed by atoms with Crippen LogP contribution in [0.4, 0.5) is 0 Å². The minimum absolute atomic E-state index is 0.129. The van der Waals surface area contributed by atoms with E-state index in [1.807, 2.05) is 4.68 Å². The Labute approximate surface area is 143 Å². The number of nitrogens with zero attached hydrogens (tertiary/aromatic N) is 3. The first-order valence-corrected chi connectivity index (χ1v) is 7.96. The summed E-state index contributed by atoms with van der Waals surface area (Å²) in [5.74, 6) is 0.0696. The Kier molecular flexibility index (Phi) is 4.73. The maximum absolute atomic E-state index is 12.1. The van der Waals surface area contributed by atoms with Crippen LogP contribution in [0.1, 0.15) is 34.6 Å². The molecule has 1 aliphatic heterocycles. The molecule has 0 fully saturated rings. The first-order chi connectivity index (χ1) is 11.1. The molecule has 0 saturated carbocycles. The fourth-order valence-electron chi connectivity index (χ4n) is 2.62. The summed E-state index contributed by atoms with van der Waals surface area (Å²) in [4.78, 5) is 16.0. The van der Waals surface area contributed by atoms with Crippen LogP contribution in [0.3, 0.4) is 0 Å². The molecule has 1 aliphatic rings. The van der Waals surface area contributed by atoms with E-state index in [0.717, 1.165) is 31.5 Å². The van der Waals surface area contributed by atoms with E-state index in [4.69, 9.17) is 32.7 Å². The number of esters is 1. The molecule has 0 aliphatic carbocycles. The first kappa shape index (κ1) is 16.1. The molecule has 23 heavy (non-hydrogen) atoms. The fourth-order valence-corrected chi connectivity index (χ4v) is 2.88. The molecule has 122 valence electrons. The highest BCUT2D eigenvalue weighted by Gasteiger charge is 2.26. The smallest absolute Gasteiger partial charge is 0.341 e. The number of methoxy groups -OCH3 is 1. The van der Waals surface area contributed by atoms with Gasteiger partial charge in [0.05, 0.1) is 24.0 Å². The van der Waals surface area contributed by atoms with Crippen LogP contribution >= 0.6 is 23.2 Å². The van der Waals surface area contributed by atoms with Gasteiger partial charge in [-0.3, -0.25) is 4.68 Å². The molecule has 2 aromatic rings. The standard InChI is InChI=1S/C15H15Cl2N3O3/c1-22-15(21)13-11(19-20-5-3-2-4-12(13)20)8-23-9-6-10(16)14(17)18-7-9/h6-7H,2-5,8H2,1H3. The summed E-state index contributed by atoms with van der Waals surface area (Å²) in [6, 6.07) is 1.57. The normalized spacial score (nSPS) is 13.5. The number of fused-ring (bicyclic) bond motifs is 1. The lowest BCUT2D eigenvalue weighted by Crippen LogP contribution is -2.14. The quantitative estimate of drug-likeness (QED) is 0.621. The number of aromatic nitrogens is 3. The van der Waals surface area contributed by atoms with Crippen molar-refractivity contribution in [3.8, 4) is 5.75 Å². The van der Waals surface area contributed by atoms with Gasteiger partial charge in [-0.15, -0.1) is 0 Å². The van der Waals surface area contributed by atoms with Crippen molar-refractivity contribution in [1.82, 2.24) is 14.8 Å². The molecule has 0 aromatic carbocycles. The van der Waals surface area contributed by atoms with Gasteiger partial charge in [-0.1, -0.05) is 23.2 Å². The Balaban J connectivity index is 1.85. The number of aryl methyl sites for hydroxylation is 1. The molecule has 0 unspecified atom stereocenters. The van der Waals surface area contributed by atoms with Crippen LogP contribution in [0.5, 0.6) is 5.75 Å². The Morgan fingerprint density at radius 3 is 2.96 bits per heavy atom. The minimum atomic E-state index is -0.390. The molecular formula is C15H15Cl2N3O3. The highest BCUT2D eigenvalue weighted by molar-refractivity contribution is 6.41. The number of hydrogen-bond donors (Lipinski definition) is 0. The Hall–Kier alpha value is -1.79. The first-order valence-electron chi connectivity index (χ1n) is 7.21. The zero-order valence-electron chi connectivity index (χ0n) is 12.5. The number of halogens is 2. The lowest BCUT2D eigenvalue weighted by atomic mass is 10.1. The lowest BCUT2D eigenvalue weighted by Gasteiger charge is -2.13. The summed E-state index contributed by atoms with van der Waals surface area (Å²) in [5, 5.41) is 5.01. The second kappa shape index (κ2) is 6.76. The summed E-state index contributed by atoms with van der Waals surface area (Å²) in [7, 11) is 1.36. The van der Waals surface area contributed by atoms with Crippen molar-refractivity contribution in [3.63, 3.8) is 0 Å². The number of rotatable bonds is 4. The SMILES string of the molecule is COC(=O)c1c(COc2cnc(Cl)c(Cl)c2)nn2c1CCCC2. The predicted octanol–water partition coefficient (Wildman–Crippen LogP) is 3.29. The molecule has 0 amide bonds. The van der Waals surface area contributed by atoms with E-state index < -0.39 is 0 Å². The summed E-state index contributed by atoms with van der Waals surface area (Å²) in [6.45, 7) is 0.928. The number of carbonyl (C=O) groups is 1. The van der Waals surface area contributed by atoms with Crippen molar-refractivity contribution in [3.05, 3.63) is 39.4 Å². The van der Waals surface area contributed by atoms with Gasteiger partial charge in [0, 0.05) is 12.6 Å². The largest absolute Gasteiger partial charge is 0.486 e. The van der Waals surface area contributed by atoms with Crippen molar-refractivity contribution >= 4 is 29.2 Å². The van der Waals surface area contributed by atoms with Gasteiger partial charge in [-0.25, -0.2) is 9.78 Å². The molecule has 0 atom stereocenters. The van der Waals surface area contributed by atoms with Gasteiger partial charge in [0.15, 0.2) is 0 Å². The topological polar surface area (TPSA) is 66.2 Å². The second-order valence-electron chi connectivity index (χ2n) is 5.17. The average molecular weight is 356 g/mol. The number of pyridine rings is 1. The molecule has 0 spiro atoms. The summed E-state index contributed by atoms with van der Waals surface area (Å²) < 4.78 is 12.4. The van der Waals surface area contributed by atoms with E-state index in [1.165, 1.54) is 13.3 Å². The third-order valence-electron chi connectivity index (χ3n) is 3.70. The van der Waals surface area contributed by atoms with Crippen LogP contribution in [0.15, 0.2) is 12.3 Å². The van der Waals surface area contributed by atoms with Crippen molar-refractivity contribution in [1.29, 1.82) is 0 Å². The molecular weight excluding hydrogens is 341 g/mol. The third-order valence-corrected chi connectivity index (χ3v) is 4.39. The molecule has 0 saturated heterocycles. The van der Waals surface area contributed by atoms with Crippen LogP contribution in [0.25, 0.3) is 0 Å². The fraction of sp³-hybridized carbons (Fsp3) is 0.400. The maximum atomic E-state index is 12.1. The highest BCUT2D eigenvalue weighted by Crippen LogP contribution is 2.26. The Morgan fingerprint density at radius 2 is 2.22 bits per heavy atom. The molecule has 3 heterocycles. The zero-order chi connectivity index (χ0) is 16.4. The third kappa shape index (κ3) is 3.28. The van der Waals surface area contributed by atoms with Gasteiger partial charge in [0.1, 0.15) is 28.8 Å². The van der Waals surface area contributed by atoms with Gasteiger partial charge in [-0.2, -0.15) is 5.10 Å². The molecule has 8 heteroatoms. The zero-order valence-corrected chi connectivity index (χ0v) is 14.0. The average Bonchev–Trinajstić information content (AvgIpc) is 2.93. The highest BCUT2D eigenvalue weighted by atomic mass is 35.5. The van der Waals surface area contributed by atoms with E-state index in [2.05, 4.69) is 10.1 Å². The van der Waals surface area contributed by atoms with Crippen molar-refractivity contribution < 1.29 is 14.3 Å². The van der Waals surface area contributed by atoms with Gasteiger partial charge < -0.3 is 9.47 Å². The van der Waals surface area contributed by atoms with E-state index in [0.29, 0.717) is 22.0 Å². The van der Waals surface area contributed by atoms with Crippen LogP contribution in [-0.4, -0.2) is 27.8 Å². The number of ether oxygens (including phenoxy) is 2. The summed E-state index contributed by atoms with van der Waals surface area (Å²) in [5.41, 5.74) is 1.97. The van der Waals surface area contributed by atoms with Crippen molar-refractivity contribution in [2.45, 2.75) is 32.4 Å². The van der Waals surface area contributed by atoms with Crippen LogP contribution in [0.2, 0.25) is 10.2 Å². The molecule has 2 aromatic heterocycles. The van der Waals surface area contributed by atoms with E-state index in [1.54, 1.807) is 6.07 Å². The Bertz CT molecular complexity index is 746. The van der Waals surface area contributed by atoms with Crippen molar-refractivity contribution in [2.75, 3.05) is 7.11 Å². The maximum Gasteiger partial charge on any atom is 0.341 e. The van der Waals surface area contributed by atoms with E-state index >= 15 is 0 Å². The van der Waals surface area contributed by atoms with Gasteiger partial charge in [-0.05, 0) is 19.3 Å². The van der Waals surface area contributed by atoms with E-state index in [9.17, 15) is 4.79 Å². The second-order valence-corrected chi connectivity index (χ2v) is 5.94. The van der Waals surface area contributed by atoms with Crippen molar-refractivity contribution in [2.24, 2.45) is 0 Å². The Morgan fingerprint density at radius 1 is 1.39 bits per heavy atom. The number of hydrogen-bond acceptors (Lipinski definition) is 5. The van der Waals surface area contributed by atoms with E-state index in [-0.39, 0.29) is 17.7 Å². The molecule has 0 N–H and O–H groups in total. The monoisotopic (exact) mass is 355 g/mol. The summed E-state index contributed by atoms with van der Waals surface area (Å²) in [6.07, 6.45) is 4.37. The van der Waals surface area contributed by atoms with Crippen LogP contribution < -0.4 is 4.74 Å².